The highest BCUT2D eigenvalue weighted by atomic mass is 19.1. The molecule has 0 aromatic heterocycles. The van der Waals surface area contributed by atoms with Gasteiger partial charge in [0.15, 0.2) is 5.69 Å². The normalized spacial score (nSPS) is 15.7. The van der Waals surface area contributed by atoms with E-state index in [0.717, 1.165) is 6.07 Å². The first-order valence-electron chi connectivity index (χ1n) is 9.65. The highest BCUT2D eigenvalue weighted by Crippen LogP contribution is 2.42. The largest absolute Gasteiger partial charge is 0.392 e. The minimum atomic E-state index is -0.691. The van der Waals surface area contributed by atoms with E-state index < -0.39 is 39.5 Å². The second kappa shape index (κ2) is 8.90. The summed E-state index contributed by atoms with van der Waals surface area (Å²) in [5.41, 5.74) is -0.296. The summed E-state index contributed by atoms with van der Waals surface area (Å²) in [5.74, 6) is -1.32. The Labute approximate surface area is 176 Å². The predicted octanol–water partition coefficient (Wildman–Crippen LogP) is 3.47. The Morgan fingerprint density at radius 3 is 2.26 bits per heavy atom. The number of halogens is 2. The summed E-state index contributed by atoms with van der Waals surface area (Å²) in [6.45, 7) is 3.89. The number of hydrogen-bond acceptors (Lipinski definition) is 7. The van der Waals surface area contributed by atoms with Gasteiger partial charge < -0.3 is 10.0 Å². The maximum Gasteiger partial charge on any atom is 0.302 e. The summed E-state index contributed by atoms with van der Waals surface area (Å²) in [6, 6.07) is 4.18. The van der Waals surface area contributed by atoms with E-state index in [-0.39, 0.29) is 35.9 Å². The third-order valence-electron chi connectivity index (χ3n) is 5.76. The van der Waals surface area contributed by atoms with Crippen molar-refractivity contribution in [2.75, 3.05) is 31.1 Å². The van der Waals surface area contributed by atoms with Crippen molar-refractivity contribution in [3.63, 3.8) is 0 Å². The second-order valence-electron chi connectivity index (χ2n) is 7.41. The Morgan fingerprint density at radius 1 is 1.10 bits per heavy atom. The second-order valence-corrected chi connectivity index (χ2v) is 7.41. The average Bonchev–Trinajstić information content (AvgIpc) is 2.72. The maximum atomic E-state index is 14.1. The number of anilines is 1. The van der Waals surface area contributed by atoms with Gasteiger partial charge in [0, 0.05) is 55.5 Å². The van der Waals surface area contributed by atoms with Gasteiger partial charge in [0.25, 0.3) is 5.69 Å². The number of nitrogens with zero attached hydrogens (tertiary/aromatic N) is 4. The molecule has 0 amide bonds. The Balaban J connectivity index is 1.90. The summed E-state index contributed by atoms with van der Waals surface area (Å²) >= 11 is 0. The lowest BCUT2D eigenvalue weighted by Crippen LogP contribution is -2.47. The molecule has 1 saturated heterocycles. The van der Waals surface area contributed by atoms with E-state index in [2.05, 4.69) is 0 Å². The smallest absolute Gasteiger partial charge is 0.302 e. The monoisotopic (exact) mass is 436 g/mol. The Bertz CT molecular complexity index is 1030. The van der Waals surface area contributed by atoms with Gasteiger partial charge in [0.05, 0.1) is 16.5 Å². The summed E-state index contributed by atoms with van der Waals surface area (Å²) in [6.07, 6.45) is 0. The number of aliphatic hydroxyl groups excluding tert-OH is 1. The molecule has 1 aliphatic rings. The Kier molecular flexibility index (Phi) is 6.46. The van der Waals surface area contributed by atoms with E-state index in [4.69, 9.17) is 0 Å². The van der Waals surface area contributed by atoms with Gasteiger partial charge >= 0.3 is 5.69 Å². The molecule has 2 aromatic carbocycles. The molecule has 1 fully saturated rings. The van der Waals surface area contributed by atoms with Gasteiger partial charge in [-0.2, -0.15) is 0 Å². The minimum Gasteiger partial charge on any atom is -0.392 e. The summed E-state index contributed by atoms with van der Waals surface area (Å²) < 4.78 is 27.3. The van der Waals surface area contributed by atoms with E-state index in [1.165, 1.54) is 25.1 Å². The van der Waals surface area contributed by atoms with E-state index in [0.29, 0.717) is 18.7 Å². The Hall–Kier alpha value is -3.18. The first-order chi connectivity index (χ1) is 14.6. The molecule has 2 aromatic rings. The first kappa shape index (κ1) is 22.5. The minimum absolute atomic E-state index is 0.0926. The molecule has 0 bridgehead atoms. The van der Waals surface area contributed by atoms with Crippen LogP contribution in [0.15, 0.2) is 24.3 Å². The molecule has 0 spiro atoms. The standard InChI is InChI=1S/C20H22F2N4O5/c1-12-14(11-27)9-18(25(28)29)20(19(12)26(30)31)24-7-5-23(6-8-24)13(2)16-4-3-15(21)10-17(16)22/h3-4,9-10,13,27H,5-8,11H2,1-2H3. The SMILES string of the molecule is Cc1c(CO)cc([N+](=O)[O-])c(N2CCN(C(C)c3ccc(F)cc3F)CC2)c1[N+](=O)[O-]. The van der Waals surface area contributed by atoms with Crippen LogP contribution in [-0.2, 0) is 6.61 Å². The van der Waals surface area contributed by atoms with Crippen molar-refractivity contribution < 1.29 is 23.7 Å². The zero-order chi connectivity index (χ0) is 22.9. The van der Waals surface area contributed by atoms with Crippen LogP contribution in [0.3, 0.4) is 0 Å². The molecule has 0 radical (unpaired) electrons. The number of aliphatic hydroxyl groups is 1. The fourth-order valence-electron chi connectivity index (χ4n) is 4.00. The molecular formula is C20H22F2N4O5. The molecular weight excluding hydrogens is 414 g/mol. The molecule has 9 nitrogen and oxygen atoms in total. The van der Waals surface area contributed by atoms with Crippen LogP contribution in [0.5, 0.6) is 0 Å². The summed E-state index contributed by atoms with van der Waals surface area (Å²) in [4.78, 5) is 25.5. The van der Waals surface area contributed by atoms with E-state index in [9.17, 15) is 34.1 Å². The molecule has 1 aliphatic heterocycles. The zero-order valence-corrected chi connectivity index (χ0v) is 17.0. The number of rotatable bonds is 6. The van der Waals surface area contributed by atoms with Crippen molar-refractivity contribution in [3.05, 3.63) is 72.8 Å². The van der Waals surface area contributed by atoms with Gasteiger partial charge in [-0.05, 0) is 25.5 Å². The van der Waals surface area contributed by atoms with Gasteiger partial charge in [-0.25, -0.2) is 8.78 Å². The molecule has 31 heavy (non-hydrogen) atoms. The van der Waals surface area contributed by atoms with Gasteiger partial charge in [-0.1, -0.05) is 6.07 Å². The number of benzene rings is 2. The number of nitro benzene ring substituents is 2. The van der Waals surface area contributed by atoms with Crippen LogP contribution in [-0.4, -0.2) is 46.0 Å². The van der Waals surface area contributed by atoms with Crippen LogP contribution in [0.4, 0.5) is 25.8 Å². The van der Waals surface area contributed by atoms with Crippen LogP contribution in [0.2, 0.25) is 0 Å². The molecule has 0 aliphatic carbocycles. The van der Waals surface area contributed by atoms with E-state index in [1.807, 2.05) is 4.90 Å². The number of piperazine rings is 1. The third-order valence-corrected chi connectivity index (χ3v) is 5.76. The fraction of sp³-hybridized carbons (Fsp3) is 0.400. The topological polar surface area (TPSA) is 113 Å². The lowest BCUT2D eigenvalue weighted by Gasteiger charge is -2.39. The van der Waals surface area contributed by atoms with Crippen LogP contribution >= 0.6 is 0 Å². The highest BCUT2D eigenvalue weighted by molar-refractivity contribution is 5.79. The highest BCUT2D eigenvalue weighted by Gasteiger charge is 2.36. The molecule has 166 valence electrons. The van der Waals surface area contributed by atoms with Crippen molar-refractivity contribution in [3.8, 4) is 0 Å². The van der Waals surface area contributed by atoms with Crippen molar-refractivity contribution in [1.29, 1.82) is 0 Å². The molecule has 1 unspecified atom stereocenters. The summed E-state index contributed by atoms with van der Waals surface area (Å²) in [5, 5.41) is 32.8. The molecule has 0 saturated carbocycles. The van der Waals surface area contributed by atoms with Crippen molar-refractivity contribution in [2.24, 2.45) is 0 Å². The van der Waals surface area contributed by atoms with Crippen LogP contribution in [0.1, 0.15) is 29.7 Å². The van der Waals surface area contributed by atoms with Crippen molar-refractivity contribution >= 4 is 17.1 Å². The van der Waals surface area contributed by atoms with Crippen LogP contribution in [0.25, 0.3) is 0 Å². The molecule has 1 heterocycles. The van der Waals surface area contributed by atoms with Crippen LogP contribution in [0, 0.1) is 38.8 Å². The third kappa shape index (κ3) is 4.32. The van der Waals surface area contributed by atoms with Gasteiger partial charge in [-0.15, -0.1) is 0 Å². The lowest BCUT2D eigenvalue weighted by atomic mass is 10.0. The number of nitro groups is 2. The van der Waals surface area contributed by atoms with Gasteiger partial charge in [0.1, 0.15) is 11.6 Å². The average molecular weight is 436 g/mol. The van der Waals surface area contributed by atoms with E-state index >= 15 is 0 Å². The van der Waals surface area contributed by atoms with Crippen LogP contribution < -0.4 is 4.90 Å². The lowest BCUT2D eigenvalue weighted by molar-refractivity contribution is -0.393. The molecule has 3 rings (SSSR count). The summed E-state index contributed by atoms with van der Waals surface area (Å²) in [7, 11) is 0. The van der Waals surface area contributed by atoms with Crippen molar-refractivity contribution in [2.45, 2.75) is 26.5 Å². The van der Waals surface area contributed by atoms with Gasteiger partial charge in [0.2, 0.25) is 0 Å². The predicted molar refractivity (Wildman–Crippen MR) is 109 cm³/mol. The Morgan fingerprint density at radius 2 is 1.74 bits per heavy atom. The van der Waals surface area contributed by atoms with E-state index in [1.54, 1.807) is 11.8 Å². The molecule has 1 atom stereocenters. The maximum absolute atomic E-state index is 14.1. The van der Waals surface area contributed by atoms with Crippen molar-refractivity contribution in [1.82, 2.24) is 4.90 Å². The molecule has 11 heteroatoms. The quantitative estimate of drug-likeness (QED) is 0.545. The van der Waals surface area contributed by atoms with Gasteiger partial charge in [-0.3, -0.25) is 25.1 Å². The fourth-order valence-corrected chi connectivity index (χ4v) is 4.00. The molecule has 1 N–H and O–H groups in total. The number of hydrogen-bond donors (Lipinski definition) is 1. The first-order valence-corrected chi connectivity index (χ1v) is 9.65. The zero-order valence-electron chi connectivity index (χ0n) is 17.0.